The van der Waals surface area contributed by atoms with E-state index >= 15 is 0 Å². The maximum atomic E-state index is 3.22. The molecular weight excluding hydrogens is 170 g/mol. The van der Waals surface area contributed by atoms with Crippen LogP contribution in [0.4, 0.5) is 0 Å². The zero-order chi connectivity index (χ0) is 10.2. The molecule has 74 valence electrons. The van der Waals surface area contributed by atoms with Gasteiger partial charge in [0.25, 0.3) is 0 Å². The maximum absolute atomic E-state index is 3.22. The van der Waals surface area contributed by atoms with Crippen molar-refractivity contribution in [2.24, 2.45) is 0 Å². The predicted molar refractivity (Wildman–Crippen MR) is 61.3 cm³/mol. The Morgan fingerprint density at radius 2 is 1.93 bits per heavy atom. The second-order valence-electron chi connectivity index (χ2n) is 4.85. The molecule has 1 aromatic rings. The van der Waals surface area contributed by atoms with E-state index in [1.165, 1.54) is 16.0 Å². The molecule has 0 saturated carbocycles. The van der Waals surface area contributed by atoms with Crippen LogP contribution in [0, 0.1) is 0 Å². The third-order valence-electron chi connectivity index (χ3n) is 2.65. The van der Waals surface area contributed by atoms with Crippen LogP contribution in [0.3, 0.4) is 0 Å². The van der Waals surface area contributed by atoms with E-state index in [2.05, 4.69) is 56.6 Å². The van der Waals surface area contributed by atoms with Crippen molar-refractivity contribution < 1.29 is 0 Å². The molecule has 1 heteroatoms. The largest absolute Gasteiger partial charge is 0.387 e. The molecule has 0 aromatic heterocycles. The summed E-state index contributed by atoms with van der Waals surface area (Å²) in [7, 11) is 0. The van der Waals surface area contributed by atoms with Crippen LogP contribution in [0.5, 0.6) is 0 Å². The Labute approximate surface area is 85.2 Å². The molecule has 1 heterocycles. The second kappa shape index (κ2) is 3.16. The molecule has 14 heavy (non-hydrogen) atoms. The van der Waals surface area contributed by atoms with Gasteiger partial charge in [-0.1, -0.05) is 45.0 Å². The van der Waals surface area contributed by atoms with Crippen molar-refractivity contribution >= 4 is 12.3 Å². The zero-order valence-electron chi connectivity index (χ0n) is 9.09. The minimum atomic E-state index is 0.244. The van der Waals surface area contributed by atoms with Gasteiger partial charge in [0.2, 0.25) is 0 Å². The Kier molecular flexibility index (Phi) is 2.10. The highest BCUT2D eigenvalue weighted by molar-refractivity contribution is 5.40. The molecule has 0 radical (unpaired) electrons. The smallest absolute Gasteiger partial charge is 0.0334 e. The fourth-order valence-corrected chi connectivity index (χ4v) is 1.69. The Morgan fingerprint density at radius 1 is 1.14 bits per heavy atom. The molecule has 1 N–H and O–H groups in total. The summed E-state index contributed by atoms with van der Waals surface area (Å²) >= 11 is 0. The molecule has 1 nitrogen and oxygen atoms in total. The molecule has 2 rings (SSSR count). The number of fused-ring (bicyclic) bond motifs is 1. The number of benzene rings is 1. The van der Waals surface area contributed by atoms with Crippen molar-refractivity contribution in [3.8, 4) is 0 Å². The van der Waals surface area contributed by atoms with Gasteiger partial charge in [-0.3, -0.25) is 0 Å². The van der Waals surface area contributed by atoms with Gasteiger partial charge < -0.3 is 5.32 Å². The van der Waals surface area contributed by atoms with Crippen molar-refractivity contribution in [1.82, 2.24) is 5.32 Å². The molecular formula is C13H17N. The van der Waals surface area contributed by atoms with E-state index in [0.29, 0.717) is 0 Å². The van der Waals surface area contributed by atoms with Crippen LogP contribution < -0.4 is 15.8 Å². The summed E-state index contributed by atoms with van der Waals surface area (Å²) in [5, 5.41) is 5.87. The molecule has 0 fully saturated rings. The van der Waals surface area contributed by atoms with Gasteiger partial charge >= 0.3 is 0 Å². The molecule has 0 aliphatic carbocycles. The van der Waals surface area contributed by atoms with Crippen LogP contribution in [0.15, 0.2) is 18.2 Å². The quantitative estimate of drug-likeness (QED) is 0.641. The van der Waals surface area contributed by atoms with Gasteiger partial charge in [-0.2, -0.15) is 0 Å². The summed E-state index contributed by atoms with van der Waals surface area (Å²) in [4.78, 5) is 0. The summed E-state index contributed by atoms with van der Waals surface area (Å²) in [6, 6.07) is 6.71. The molecule has 1 aliphatic heterocycles. The van der Waals surface area contributed by atoms with Crippen LogP contribution >= 0.6 is 0 Å². The van der Waals surface area contributed by atoms with Gasteiger partial charge in [0.15, 0.2) is 0 Å². The lowest BCUT2D eigenvalue weighted by Crippen LogP contribution is -2.34. The van der Waals surface area contributed by atoms with E-state index in [-0.39, 0.29) is 5.41 Å². The second-order valence-corrected chi connectivity index (χ2v) is 4.85. The van der Waals surface area contributed by atoms with Gasteiger partial charge in [-0.05, 0) is 21.4 Å². The van der Waals surface area contributed by atoms with Gasteiger partial charge in [0.1, 0.15) is 0 Å². The zero-order valence-corrected chi connectivity index (χ0v) is 9.09. The van der Waals surface area contributed by atoms with E-state index in [9.17, 15) is 0 Å². The van der Waals surface area contributed by atoms with E-state index in [1.807, 2.05) is 0 Å². The fraction of sp³-hybridized carbons (Fsp3) is 0.385. The Bertz CT molecular complexity index is 449. The molecule has 1 aromatic carbocycles. The number of hydrogen-bond acceptors (Lipinski definition) is 1. The van der Waals surface area contributed by atoms with Crippen molar-refractivity contribution in [2.45, 2.75) is 26.2 Å². The van der Waals surface area contributed by atoms with Gasteiger partial charge in [-0.15, -0.1) is 0 Å². The Hall–Kier alpha value is -1.24. The number of rotatable bonds is 0. The highest BCUT2D eigenvalue weighted by Crippen LogP contribution is 2.19. The van der Waals surface area contributed by atoms with Gasteiger partial charge in [0.05, 0.1) is 0 Å². The average molecular weight is 187 g/mol. The minimum Gasteiger partial charge on any atom is -0.387 e. The fourth-order valence-electron chi connectivity index (χ4n) is 1.69. The minimum absolute atomic E-state index is 0.244. The molecule has 0 spiro atoms. The summed E-state index contributed by atoms with van der Waals surface area (Å²) in [6.07, 6.45) is 4.33. The summed E-state index contributed by atoms with van der Waals surface area (Å²) < 4.78 is 0. The van der Waals surface area contributed by atoms with Crippen LogP contribution in [0.1, 0.15) is 26.3 Å². The predicted octanol–water partition coefficient (Wildman–Crippen LogP) is 1.11. The van der Waals surface area contributed by atoms with Crippen molar-refractivity contribution in [3.05, 3.63) is 34.2 Å². The van der Waals surface area contributed by atoms with Crippen molar-refractivity contribution in [1.29, 1.82) is 0 Å². The van der Waals surface area contributed by atoms with Crippen LogP contribution in [-0.4, -0.2) is 6.54 Å². The lowest BCUT2D eigenvalue weighted by molar-refractivity contribution is 0.589. The van der Waals surface area contributed by atoms with Gasteiger partial charge in [-0.25, -0.2) is 0 Å². The van der Waals surface area contributed by atoms with E-state index in [1.54, 1.807) is 0 Å². The molecule has 0 unspecified atom stereocenters. The van der Waals surface area contributed by atoms with Crippen LogP contribution in [0.25, 0.3) is 12.3 Å². The first-order valence-corrected chi connectivity index (χ1v) is 5.12. The third kappa shape index (κ3) is 1.67. The number of nitrogens with one attached hydrogen (secondary N) is 1. The van der Waals surface area contributed by atoms with Crippen LogP contribution in [0.2, 0.25) is 0 Å². The van der Waals surface area contributed by atoms with E-state index in [0.717, 1.165) is 6.54 Å². The first-order chi connectivity index (χ1) is 6.57. The molecule has 0 atom stereocenters. The SMILES string of the molecule is CC(C)(C)c1ccc2c(c1)=CCNC=2. The molecule has 0 amide bonds. The highest BCUT2D eigenvalue weighted by atomic mass is 14.8. The monoisotopic (exact) mass is 187 g/mol. The van der Waals surface area contributed by atoms with Crippen LogP contribution in [-0.2, 0) is 5.41 Å². The van der Waals surface area contributed by atoms with Crippen molar-refractivity contribution in [3.63, 3.8) is 0 Å². The summed E-state index contributed by atoms with van der Waals surface area (Å²) in [6.45, 7) is 7.69. The topological polar surface area (TPSA) is 12.0 Å². The summed E-state index contributed by atoms with van der Waals surface area (Å²) in [5.41, 5.74) is 1.65. The summed E-state index contributed by atoms with van der Waals surface area (Å²) in [5.74, 6) is 0. The van der Waals surface area contributed by atoms with E-state index < -0.39 is 0 Å². The van der Waals surface area contributed by atoms with E-state index in [4.69, 9.17) is 0 Å². The standard InChI is InChI=1S/C13H17N/c1-13(2,3)12-5-4-11-9-14-7-6-10(11)8-12/h4-6,8-9,14H,7H2,1-3H3. The molecule has 0 saturated heterocycles. The molecule has 0 bridgehead atoms. The van der Waals surface area contributed by atoms with Gasteiger partial charge in [0, 0.05) is 12.7 Å². The first kappa shape index (κ1) is 9.32. The average Bonchev–Trinajstić information content (AvgIpc) is 2.16. The number of hydrogen-bond donors (Lipinski definition) is 1. The Balaban J connectivity index is 2.62. The Morgan fingerprint density at radius 3 is 2.64 bits per heavy atom. The lowest BCUT2D eigenvalue weighted by atomic mass is 9.86. The highest BCUT2D eigenvalue weighted by Gasteiger charge is 2.12. The lowest BCUT2D eigenvalue weighted by Gasteiger charge is -2.19. The third-order valence-corrected chi connectivity index (χ3v) is 2.65. The maximum Gasteiger partial charge on any atom is 0.0334 e. The van der Waals surface area contributed by atoms with Crippen molar-refractivity contribution in [2.75, 3.05) is 6.54 Å². The first-order valence-electron chi connectivity index (χ1n) is 5.12. The normalized spacial score (nSPS) is 14.8. The molecule has 1 aliphatic rings.